The summed E-state index contributed by atoms with van der Waals surface area (Å²) in [7, 11) is 4.12. The molecule has 20 heavy (non-hydrogen) atoms. The Labute approximate surface area is 120 Å². The third-order valence-electron chi connectivity index (χ3n) is 3.08. The first-order valence-corrected chi connectivity index (χ1v) is 6.94. The fraction of sp³-hybridized carbons (Fsp3) is 0.438. The number of hydrogen-bond acceptors (Lipinski definition) is 4. The van der Waals surface area contributed by atoms with Gasteiger partial charge in [0.1, 0.15) is 18.1 Å². The van der Waals surface area contributed by atoms with E-state index in [1.165, 1.54) is 12.0 Å². The molecule has 1 unspecified atom stereocenters. The molecule has 0 radical (unpaired) electrons. The first-order chi connectivity index (χ1) is 9.67. The molecule has 1 atom stereocenters. The number of rotatable bonds is 7. The molecule has 0 saturated heterocycles. The number of benzene rings is 1. The van der Waals surface area contributed by atoms with Crippen molar-refractivity contribution in [2.45, 2.75) is 32.4 Å². The Hall–Kier alpha value is -1.81. The van der Waals surface area contributed by atoms with Crippen LogP contribution in [0.5, 0.6) is 5.75 Å². The van der Waals surface area contributed by atoms with Crippen molar-refractivity contribution in [2.75, 3.05) is 14.1 Å². The molecule has 2 aromatic rings. The van der Waals surface area contributed by atoms with Crippen LogP contribution in [0.1, 0.15) is 24.6 Å². The van der Waals surface area contributed by atoms with Gasteiger partial charge in [-0.3, -0.25) is 0 Å². The molecule has 0 aliphatic rings. The summed E-state index contributed by atoms with van der Waals surface area (Å²) in [5.41, 5.74) is 2.19. The van der Waals surface area contributed by atoms with Crippen molar-refractivity contribution in [1.29, 1.82) is 0 Å². The zero-order valence-corrected chi connectivity index (χ0v) is 12.4. The van der Waals surface area contributed by atoms with Gasteiger partial charge in [-0.25, -0.2) is 4.98 Å². The Morgan fingerprint density at radius 3 is 2.85 bits per heavy atom. The molecule has 1 aromatic heterocycles. The van der Waals surface area contributed by atoms with Gasteiger partial charge in [0.05, 0.1) is 5.69 Å². The van der Waals surface area contributed by atoms with E-state index in [9.17, 15) is 0 Å². The average Bonchev–Trinajstić information content (AvgIpc) is 2.90. The molecule has 0 saturated carbocycles. The lowest BCUT2D eigenvalue weighted by molar-refractivity contribution is 0.196. The lowest BCUT2D eigenvalue weighted by atomic mass is 10.1. The third kappa shape index (κ3) is 4.38. The second-order valence-electron chi connectivity index (χ2n) is 5.22. The molecule has 0 amide bonds. The van der Waals surface area contributed by atoms with Crippen LogP contribution in [0.2, 0.25) is 0 Å². The fourth-order valence-electron chi connectivity index (χ4n) is 2.12. The molecule has 0 aliphatic carbocycles. The number of aromatic nitrogens is 1. The molecular formula is C16H22N2O2. The minimum absolute atomic E-state index is 0.120. The maximum Gasteiger partial charge on any atom is 0.180 e. The Morgan fingerprint density at radius 2 is 2.20 bits per heavy atom. The van der Waals surface area contributed by atoms with Crippen LogP contribution in [0.3, 0.4) is 0 Å². The van der Waals surface area contributed by atoms with Crippen molar-refractivity contribution in [3.05, 3.63) is 48.2 Å². The van der Waals surface area contributed by atoms with E-state index >= 15 is 0 Å². The smallest absolute Gasteiger partial charge is 0.180 e. The van der Waals surface area contributed by atoms with Gasteiger partial charge in [-0.15, -0.1) is 0 Å². The summed E-state index contributed by atoms with van der Waals surface area (Å²) in [6.07, 6.45) is 4.96. The quantitative estimate of drug-likeness (QED) is 0.777. The van der Waals surface area contributed by atoms with E-state index in [-0.39, 0.29) is 6.10 Å². The van der Waals surface area contributed by atoms with Crippen LogP contribution in [0.15, 0.2) is 41.3 Å². The van der Waals surface area contributed by atoms with Crippen molar-refractivity contribution in [1.82, 2.24) is 9.88 Å². The molecule has 0 N–H and O–H groups in total. The van der Waals surface area contributed by atoms with Crippen LogP contribution in [0.25, 0.3) is 0 Å². The van der Waals surface area contributed by atoms with Crippen molar-refractivity contribution in [3.63, 3.8) is 0 Å². The van der Waals surface area contributed by atoms with Gasteiger partial charge in [0.2, 0.25) is 0 Å². The van der Waals surface area contributed by atoms with E-state index in [1.807, 2.05) is 12.1 Å². The van der Waals surface area contributed by atoms with Gasteiger partial charge in [0, 0.05) is 13.0 Å². The first kappa shape index (κ1) is 14.6. The Morgan fingerprint density at radius 1 is 1.35 bits per heavy atom. The predicted molar refractivity (Wildman–Crippen MR) is 78.7 cm³/mol. The summed E-state index contributed by atoms with van der Waals surface area (Å²) in [4.78, 5) is 6.29. The van der Waals surface area contributed by atoms with Gasteiger partial charge < -0.3 is 14.1 Å². The molecule has 0 aliphatic heterocycles. The topological polar surface area (TPSA) is 38.5 Å². The van der Waals surface area contributed by atoms with Crippen LogP contribution in [-0.2, 0) is 13.0 Å². The molecule has 0 bridgehead atoms. The molecule has 1 aromatic carbocycles. The van der Waals surface area contributed by atoms with E-state index in [2.05, 4.69) is 43.0 Å². The highest BCUT2D eigenvalue weighted by atomic mass is 16.5. The molecule has 4 heteroatoms. The summed E-state index contributed by atoms with van der Waals surface area (Å²) >= 11 is 0. The second kappa shape index (κ2) is 7.10. The zero-order valence-electron chi connectivity index (χ0n) is 12.4. The van der Waals surface area contributed by atoms with Crippen LogP contribution in [-0.4, -0.2) is 30.1 Å². The maximum atomic E-state index is 6.06. The molecular weight excluding hydrogens is 252 g/mol. The van der Waals surface area contributed by atoms with E-state index in [0.717, 1.165) is 30.8 Å². The van der Waals surface area contributed by atoms with Gasteiger partial charge in [0.25, 0.3) is 0 Å². The summed E-state index contributed by atoms with van der Waals surface area (Å²) in [5.74, 6) is 0.916. The maximum absolute atomic E-state index is 6.06. The van der Waals surface area contributed by atoms with Crippen LogP contribution < -0.4 is 4.74 Å². The highest BCUT2D eigenvalue weighted by Crippen LogP contribution is 2.18. The lowest BCUT2D eigenvalue weighted by Gasteiger charge is -2.17. The highest BCUT2D eigenvalue weighted by Gasteiger charge is 2.11. The van der Waals surface area contributed by atoms with Gasteiger partial charge >= 0.3 is 0 Å². The van der Waals surface area contributed by atoms with E-state index < -0.39 is 0 Å². The fourth-order valence-corrected chi connectivity index (χ4v) is 2.12. The molecule has 108 valence electrons. The van der Waals surface area contributed by atoms with Gasteiger partial charge in [-0.1, -0.05) is 19.1 Å². The number of oxazole rings is 1. The summed E-state index contributed by atoms with van der Waals surface area (Å²) in [5, 5.41) is 0. The number of hydrogen-bond donors (Lipinski definition) is 0. The minimum Gasteiger partial charge on any atom is -0.490 e. The summed E-state index contributed by atoms with van der Waals surface area (Å²) in [6.45, 7) is 3.03. The molecule has 1 heterocycles. The van der Waals surface area contributed by atoms with Crippen molar-refractivity contribution in [3.8, 4) is 5.75 Å². The van der Waals surface area contributed by atoms with Gasteiger partial charge in [-0.05, 0) is 38.2 Å². The van der Waals surface area contributed by atoms with Crippen molar-refractivity contribution >= 4 is 0 Å². The van der Waals surface area contributed by atoms with E-state index in [0.29, 0.717) is 0 Å². The SMILES string of the molecule is CCC(Cc1cocn1)Oc1cccc(CN(C)C)c1. The highest BCUT2D eigenvalue weighted by molar-refractivity contribution is 5.28. The monoisotopic (exact) mass is 274 g/mol. The molecule has 4 nitrogen and oxygen atoms in total. The molecule has 2 rings (SSSR count). The number of ether oxygens (including phenoxy) is 1. The minimum atomic E-state index is 0.120. The molecule has 0 spiro atoms. The van der Waals surface area contributed by atoms with Gasteiger partial charge in [-0.2, -0.15) is 0 Å². The Kier molecular flexibility index (Phi) is 5.18. The van der Waals surface area contributed by atoms with Crippen molar-refractivity contribution in [2.24, 2.45) is 0 Å². The zero-order chi connectivity index (χ0) is 14.4. The van der Waals surface area contributed by atoms with E-state index in [4.69, 9.17) is 9.15 Å². The van der Waals surface area contributed by atoms with Crippen LogP contribution >= 0.6 is 0 Å². The average molecular weight is 274 g/mol. The molecule has 0 fully saturated rings. The van der Waals surface area contributed by atoms with E-state index in [1.54, 1.807) is 6.26 Å². The number of nitrogens with zero attached hydrogens (tertiary/aromatic N) is 2. The Balaban J connectivity index is 1.99. The first-order valence-electron chi connectivity index (χ1n) is 6.94. The lowest BCUT2D eigenvalue weighted by Crippen LogP contribution is -2.19. The summed E-state index contributed by atoms with van der Waals surface area (Å²) in [6, 6.07) is 8.26. The van der Waals surface area contributed by atoms with Crippen LogP contribution in [0, 0.1) is 0 Å². The van der Waals surface area contributed by atoms with Gasteiger partial charge in [0.15, 0.2) is 6.39 Å². The largest absolute Gasteiger partial charge is 0.490 e. The predicted octanol–water partition coefficient (Wildman–Crippen LogP) is 3.14. The Bertz CT molecular complexity index is 509. The van der Waals surface area contributed by atoms with Crippen molar-refractivity contribution < 1.29 is 9.15 Å². The van der Waals surface area contributed by atoms with Crippen LogP contribution in [0.4, 0.5) is 0 Å². The normalized spacial score (nSPS) is 12.6. The second-order valence-corrected chi connectivity index (χ2v) is 5.22. The third-order valence-corrected chi connectivity index (χ3v) is 3.08. The standard InChI is InChI=1S/C16H22N2O2/c1-4-15(9-14-11-19-12-17-14)20-16-7-5-6-13(8-16)10-18(2)3/h5-8,11-12,15H,4,9-10H2,1-3H3. The summed E-state index contributed by atoms with van der Waals surface area (Å²) < 4.78 is 11.1.